The summed E-state index contributed by atoms with van der Waals surface area (Å²) >= 11 is 2.29. The zero-order chi connectivity index (χ0) is 9.42. The average Bonchev–Trinajstić information content (AvgIpc) is 2.48. The van der Waals surface area contributed by atoms with Crippen LogP contribution in [0, 0.1) is 3.57 Å². The van der Waals surface area contributed by atoms with Crippen LogP contribution in [0.4, 0.5) is 0 Å². The van der Waals surface area contributed by atoms with Gasteiger partial charge in [-0.25, -0.2) is 0 Å². The van der Waals surface area contributed by atoms with Crippen molar-refractivity contribution in [1.29, 1.82) is 0 Å². The fourth-order valence-corrected chi connectivity index (χ4v) is 2.02. The molecule has 1 aromatic carbocycles. The number of ether oxygens (including phenoxy) is 1. The van der Waals surface area contributed by atoms with Gasteiger partial charge in [-0.15, -0.1) is 0 Å². The molecule has 1 heterocycles. The van der Waals surface area contributed by atoms with Crippen LogP contribution in [0.25, 0.3) is 10.9 Å². The van der Waals surface area contributed by atoms with Crippen LogP contribution in [-0.2, 0) is 7.05 Å². The molecule has 0 aliphatic heterocycles. The molecule has 1 aromatic heterocycles. The molecule has 68 valence electrons. The summed E-state index contributed by atoms with van der Waals surface area (Å²) in [7, 11) is 3.60. The number of hydrogen-bond donors (Lipinski definition) is 0. The minimum Gasteiger partial charge on any atom is -0.497 e. The minimum absolute atomic E-state index is 0.875. The maximum absolute atomic E-state index is 5.18. The van der Waals surface area contributed by atoms with E-state index in [0.717, 1.165) is 11.3 Å². The topological polar surface area (TPSA) is 27.1 Å². The van der Waals surface area contributed by atoms with Crippen LogP contribution in [0.1, 0.15) is 0 Å². The van der Waals surface area contributed by atoms with Gasteiger partial charge >= 0.3 is 0 Å². The van der Waals surface area contributed by atoms with Gasteiger partial charge in [-0.1, -0.05) is 0 Å². The SMILES string of the molecule is COc1cc(I)c2cnn(C)c2c1. The molecule has 0 aliphatic carbocycles. The van der Waals surface area contributed by atoms with Crippen LogP contribution in [0.5, 0.6) is 5.75 Å². The molecule has 2 aromatic rings. The summed E-state index contributed by atoms with van der Waals surface area (Å²) < 4.78 is 8.20. The third kappa shape index (κ3) is 1.39. The number of methoxy groups -OCH3 is 1. The van der Waals surface area contributed by atoms with Crippen LogP contribution in [0.15, 0.2) is 18.3 Å². The van der Waals surface area contributed by atoms with Crippen molar-refractivity contribution >= 4 is 33.5 Å². The van der Waals surface area contributed by atoms with Crippen LogP contribution < -0.4 is 4.74 Å². The molecule has 0 unspecified atom stereocenters. The van der Waals surface area contributed by atoms with Gasteiger partial charge < -0.3 is 4.74 Å². The van der Waals surface area contributed by atoms with E-state index in [0.29, 0.717) is 0 Å². The molecular weight excluding hydrogens is 279 g/mol. The Hall–Kier alpha value is -0.780. The molecule has 13 heavy (non-hydrogen) atoms. The van der Waals surface area contributed by atoms with Gasteiger partial charge in [0.1, 0.15) is 5.75 Å². The highest BCUT2D eigenvalue weighted by atomic mass is 127. The molecule has 3 nitrogen and oxygen atoms in total. The smallest absolute Gasteiger partial charge is 0.122 e. The number of aromatic nitrogens is 2. The molecule has 0 fully saturated rings. The number of benzene rings is 1. The number of nitrogens with zero attached hydrogens (tertiary/aromatic N) is 2. The van der Waals surface area contributed by atoms with Crippen molar-refractivity contribution in [2.45, 2.75) is 0 Å². The molecule has 0 atom stereocenters. The highest BCUT2D eigenvalue weighted by molar-refractivity contribution is 14.1. The zero-order valence-electron chi connectivity index (χ0n) is 7.41. The maximum atomic E-state index is 5.18. The van der Waals surface area contributed by atoms with E-state index in [2.05, 4.69) is 27.7 Å². The number of hydrogen-bond acceptors (Lipinski definition) is 2. The van der Waals surface area contributed by atoms with Gasteiger partial charge in [-0.05, 0) is 28.7 Å². The van der Waals surface area contributed by atoms with Crippen LogP contribution >= 0.6 is 22.6 Å². The Morgan fingerprint density at radius 3 is 2.92 bits per heavy atom. The van der Waals surface area contributed by atoms with Crippen molar-refractivity contribution in [3.63, 3.8) is 0 Å². The molecule has 0 aliphatic rings. The summed E-state index contributed by atoms with van der Waals surface area (Å²) in [5, 5.41) is 5.36. The van der Waals surface area contributed by atoms with Crippen molar-refractivity contribution in [3.05, 3.63) is 21.9 Å². The van der Waals surface area contributed by atoms with E-state index < -0.39 is 0 Å². The van der Waals surface area contributed by atoms with E-state index in [1.807, 2.05) is 30.1 Å². The van der Waals surface area contributed by atoms with Crippen molar-refractivity contribution in [1.82, 2.24) is 9.78 Å². The van der Waals surface area contributed by atoms with Gasteiger partial charge in [0, 0.05) is 22.1 Å². The Bertz CT molecular complexity index is 450. The zero-order valence-corrected chi connectivity index (χ0v) is 9.57. The maximum Gasteiger partial charge on any atom is 0.122 e. The molecule has 0 saturated carbocycles. The monoisotopic (exact) mass is 288 g/mol. The van der Waals surface area contributed by atoms with Gasteiger partial charge in [0.25, 0.3) is 0 Å². The molecule has 0 N–H and O–H groups in total. The normalized spacial score (nSPS) is 10.7. The quantitative estimate of drug-likeness (QED) is 0.752. The van der Waals surface area contributed by atoms with E-state index in [4.69, 9.17) is 4.74 Å². The Kier molecular flexibility index (Phi) is 2.15. The molecule has 2 rings (SSSR count). The summed E-state index contributed by atoms with van der Waals surface area (Å²) in [6.07, 6.45) is 1.87. The Morgan fingerprint density at radius 2 is 2.23 bits per heavy atom. The lowest BCUT2D eigenvalue weighted by Crippen LogP contribution is -1.90. The van der Waals surface area contributed by atoms with E-state index in [9.17, 15) is 0 Å². The second-order valence-electron chi connectivity index (χ2n) is 2.81. The lowest BCUT2D eigenvalue weighted by Gasteiger charge is -2.02. The Morgan fingerprint density at radius 1 is 1.46 bits per heavy atom. The molecular formula is C9H9IN2O. The average molecular weight is 288 g/mol. The summed E-state index contributed by atoms with van der Waals surface area (Å²) in [5.41, 5.74) is 1.10. The van der Waals surface area contributed by atoms with Crippen LogP contribution in [0.2, 0.25) is 0 Å². The Balaban J connectivity index is 2.80. The van der Waals surface area contributed by atoms with Gasteiger partial charge in [-0.2, -0.15) is 5.10 Å². The van der Waals surface area contributed by atoms with Gasteiger partial charge in [0.15, 0.2) is 0 Å². The summed E-state index contributed by atoms with van der Waals surface area (Å²) in [5.74, 6) is 0.875. The first-order valence-corrected chi connectivity index (χ1v) is 4.95. The fraction of sp³-hybridized carbons (Fsp3) is 0.222. The second-order valence-corrected chi connectivity index (χ2v) is 3.97. The second kappa shape index (κ2) is 3.17. The molecule has 0 bridgehead atoms. The minimum atomic E-state index is 0.875. The molecule has 0 radical (unpaired) electrons. The van der Waals surface area contributed by atoms with Gasteiger partial charge in [0.2, 0.25) is 0 Å². The molecule has 0 amide bonds. The Labute approximate surface area is 89.8 Å². The fourth-order valence-electron chi connectivity index (χ4n) is 1.30. The third-order valence-corrected chi connectivity index (χ3v) is 2.92. The number of aryl methyl sites for hydroxylation is 1. The van der Waals surface area contributed by atoms with Crippen LogP contribution in [-0.4, -0.2) is 16.9 Å². The predicted octanol–water partition coefficient (Wildman–Crippen LogP) is 2.19. The van der Waals surface area contributed by atoms with E-state index in [1.54, 1.807) is 7.11 Å². The molecule has 0 saturated heterocycles. The van der Waals surface area contributed by atoms with E-state index in [1.165, 1.54) is 8.96 Å². The predicted molar refractivity (Wildman–Crippen MR) is 60.0 cm³/mol. The van der Waals surface area contributed by atoms with E-state index in [-0.39, 0.29) is 0 Å². The standard InChI is InChI=1S/C9H9IN2O/c1-12-9-4-6(13-2)3-8(10)7(9)5-11-12/h3-5H,1-2H3. The molecule has 0 spiro atoms. The number of rotatable bonds is 1. The summed E-state index contributed by atoms with van der Waals surface area (Å²) in [6.45, 7) is 0. The highest BCUT2D eigenvalue weighted by Crippen LogP contribution is 2.25. The third-order valence-electron chi connectivity index (χ3n) is 2.03. The van der Waals surface area contributed by atoms with Gasteiger partial charge in [-0.3, -0.25) is 4.68 Å². The number of fused-ring (bicyclic) bond motifs is 1. The van der Waals surface area contributed by atoms with Crippen LogP contribution in [0.3, 0.4) is 0 Å². The summed E-state index contributed by atoms with van der Waals surface area (Å²) in [6, 6.07) is 4.00. The lowest BCUT2D eigenvalue weighted by atomic mass is 10.2. The first-order valence-electron chi connectivity index (χ1n) is 3.87. The van der Waals surface area contributed by atoms with Gasteiger partial charge in [0.05, 0.1) is 18.8 Å². The molecule has 4 heteroatoms. The summed E-state index contributed by atoms with van der Waals surface area (Å²) in [4.78, 5) is 0. The highest BCUT2D eigenvalue weighted by Gasteiger charge is 2.05. The van der Waals surface area contributed by atoms with Crippen molar-refractivity contribution in [3.8, 4) is 5.75 Å². The van der Waals surface area contributed by atoms with Crippen molar-refractivity contribution < 1.29 is 4.74 Å². The first-order chi connectivity index (χ1) is 6.22. The first kappa shape index (κ1) is 8.80. The lowest BCUT2D eigenvalue weighted by molar-refractivity contribution is 0.415. The van der Waals surface area contributed by atoms with Crippen molar-refractivity contribution in [2.24, 2.45) is 7.05 Å². The van der Waals surface area contributed by atoms with E-state index >= 15 is 0 Å². The number of halogens is 1. The van der Waals surface area contributed by atoms with Crippen molar-refractivity contribution in [2.75, 3.05) is 7.11 Å². The largest absolute Gasteiger partial charge is 0.497 e.